The Morgan fingerprint density at radius 1 is 0.397 bits per heavy atom. The van der Waals surface area contributed by atoms with Gasteiger partial charge in [-0.3, -0.25) is 28.8 Å². The first-order valence-corrected chi connectivity index (χ1v) is 17.1. The highest BCUT2D eigenvalue weighted by Gasteiger charge is 2.15. The fourth-order valence-electron chi connectivity index (χ4n) is 4.58. The average Bonchev–Trinajstić information content (AvgIpc) is 3.14. The quantitative estimate of drug-likeness (QED) is 0.0215. The van der Waals surface area contributed by atoms with Crippen LogP contribution in [0.3, 0.4) is 0 Å². The monoisotopic (exact) mass is 800 g/mol. The summed E-state index contributed by atoms with van der Waals surface area (Å²) in [6.07, 6.45) is 7.70. The van der Waals surface area contributed by atoms with Crippen LogP contribution in [0.15, 0.2) is 77.2 Å². The van der Waals surface area contributed by atoms with E-state index in [1.165, 1.54) is 36.4 Å². The molecule has 0 unspecified atom stereocenters. The molecular weight excluding hydrogens is 756 g/mol. The Morgan fingerprint density at radius 2 is 0.638 bits per heavy atom. The van der Waals surface area contributed by atoms with Crippen LogP contribution >= 0.6 is 0 Å². The Hall–Kier alpha value is -8.18. The van der Waals surface area contributed by atoms with Crippen LogP contribution in [0.1, 0.15) is 92.8 Å². The molecule has 0 fully saturated rings. The van der Waals surface area contributed by atoms with Gasteiger partial charge in [-0.1, -0.05) is 25.7 Å². The Morgan fingerprint density at radius 3 is 0.879 bits per heavy atom. The van der Waals surface area contributed by atoms with Crippen LogP contribution in [-0.2, 0) is 9.59 Å². The molecule has 0 bridgehead atoms. The van der Waals surface area contributed by atoms with Crippen molar-refractivity contribution in [2.24, 2.45) is 86.7 Å². The van der Waals surface area contributed by atoms with Crippen molar-refractivity contribution >= 4 is 95.0 Å². The molecule has 24 nitrogen and oxygen atoms in total. The number of guanidine groups is 4. The molecule has 18 N–H and O–H groups in total. The van der Waals surface area contributed by atoms with Crippen LogP contribution in [0.4, 0.5) is 11.4 Å². The van der Waals surface area contributed by atoms with Crippen molar-refractivity contribution in [3.05, 3.63) is 58.7 Å². The summed E-state index contributed by atoms with van der Waals surface area (Å²) in [5, 5.41) is 32.7. The van der Waals surface area contributed by atoms with Crippen molar-refractivity contribution in [2.45, 2.75) is 51.4 Å². The number of nitrogens with zero attached hydrogens (tertiary/aromatic N) is 8. The normalized spacial score (nSPS) is 11.0. The molecule has 0 saturated heterocycles. The minimum Gasteiger partial charge on any atom is -0.369 e. The van der Waals surface area contributed by atoms with Crippen molar-refractivity contribution in [3.8, 4) is 0 Å². The van der Waals surface area contributed by atoms with Crippen molar-refractivity contribution in [2.75, 3.05) is 10.6 Å². The number of hydrogen-bond acceptors (Lipinski definition) is 14. The van der Waals surface area contributed by atoms with Gasteiger partial charge in [0, 0.05) is 46.5 Å². The Balaban J connectivity index is 1.93. The van der Waals surface area contributed by atoms with E-state index >= 15 is 0 Å². The molecule has 0 aliphatic rings. The minimum absolute atomic E-state index is 0.0000224. The predicted octanol–water partition coefficient (Wildman–Crippen LogP) is -0.848. The molecule has 0 aliphatic heterocycles. The van der Waals surface area contributed by atoms with Crippen LogP contribution in [0.25, 0.3) is 0 Å². The zero-order valence-corrected chi connectivity index (χ0v) is 31.1. The number of benzene rings is 2. The minimum atomic E-state index is -0.657. The summed E-state index contributed by atoms with van der Waals surface area (Å²) < 4.78 is 0. The van der Waals surface area contributed by atoms with Crippen molar-refractivity contribution in [1.29, 1.82) is 0 Å². The average molecular weight is 801 g/mol. The molecule has 0 aromatic heterocycles. The second-order valence-corrected chi connectivity index (χ2v) is 11.9. The van der Waals surface area contributed by atoms with Gasteiger partial charge in [0.2, 0.25) is 58.8 Å². The number of hydrogen-bond donors (Lipinski definition) is 10. The second kappa shape index (κ2) is 24.3. The SMILES string of the molecule is NC(N)=N/N=C\C(=O)c1cc(NC(=O)CCCCCCCCC(=O)Nc2cc(C(=O)/C=N/N=C(N)N)cc(C(=O)/C=N/N=C(N)N)c2)cc(C(=O)/C=N/N=C(N)N)c1. The van der Waals surface area contributed by atoms with Crippen molar-refractivity contribution in [3.63, 3.8) is 0 Å². The van der Waals surface area contributed by atoms with Crippen LogP contribution in [-0.4, -0.2) is 83.6 Å². The molecule has 2 rings (SSSR count). The number of unbranched alkanes of at least 4 members (excludes halogenated alkanes) is 5. The number of Topliss-reactive ketones (excluding diaryl/α,β-unsaturated/α-hetero) is 4. The lowest BCUT2D eigenvalue weighted by molar-refractivity contribution is -0.117. The predicted molar refractivity (Wildman–Crippen MR) is 222 cm³/mol. The van der Waals surface area contributed by atoms with E-state index < -0.39 is 23.1 Å². The Bertz CT molecular complexity index is 1820. The van der Waals surface area contributed by atoms with Gasteiger partial charge < -0.3 is 56.5 Å². The third-order valence-corrected chi connectivity index (χ3v) is 7.02. The van der Waals surface area contributed by atoms with E-state index in [4.69, 9.17) is 45.9 Å². The summed E-state index contributed by atoms with van der Waals surface area (Å²) >= 11 is 0. The summed E-state index contributed by atoms with van der Waals surface area (Å²) in [7, 11) is 0. The number of rotatable bonds is 23. The topological polar surface area (TPSA) is 434 Å². The van der Waals surface area contributed by atoms with Gasteiger partial charge in [-0.25, -0.2) is 0 Å². The molecule has 0 spiro atoms. The maximum atomic E-state index is 12.7. The molecule has 0 aliphatic carbocycles. The molecule has 24 heteroatoms. The van der Waals surface area contributed by atoms with Crippen LogP contribution in [0, 0.1) is 0 Å². The number of amides is 2. The summed E-state index contributed by atoms with van der Waals surface area (Å²) in [6, 6.07) is 7.95. The lowest BCUT2D eigenvalue weighted by atomic mass is 10.0. The number of carbonyl (C=O) groups is 6. The third kappa shape index (κ3) is 18.7. The van der Waals surface area contributed by atoms with Gasteiger partial charge in [0.25, 0.3) is 0 Å². The zero-order valence-electron chi connectivity index (χ0n) is 31.1. The van der Waals surface area contributed by atoms with Gasteiger partial charge in [-0.2, -0.15) is 20.4 Å². The molecule has 306 valence electrons. The van der Waals surface area contributed by atoms with Gasteiger partial charge in [0.1, 0.15) is 0 Å². The van der Waals surface area contributed by atoms with Gasteiger partial charge in [0.05, 0.1) is 24.9 Å². The van der Waals surface area contributed by atoms with E-state index in [0.717, 1.165) is 37.7 Å². The van der Waals surface area contributed by atoms with Gasteiger partial charge in [0.15, 0.2) is 0 Å². The number of ketones is 4. The molecular formula is C34H44N18O6. The van der Waals surface area contributed by atoms with Crippen LogP contribution < -0.4 is 56.5 Å². The maximum absolute atomic E-state index is 12.7. The molecule has 2 aromatic rings. The zero-order chi connectivity index (χ0) is 43.0. The second-order valence-electron chi connectivity index (χ2n) is 11.9. The first kappa shape index (κ1) is 46.0. The van der Waals surface area contributed by atoms with Crippen molar-refractivity contribution < 1.29 is 28.8 Å². The van der Waals surface area contributed by atoms with E-state index in [1.54, 1.807) is 0 Å². The van der Waals surface area contributed by atoms with E-state index in [1.807, 2.05) is 0 Å². The first-order valence-electron chi connectivity index (χ1n) is 17.1. The van der Waals surface area contributed by atoms with E-state index in [2.05, 4.69) is 51.4 Å². The molecule has 2 aromatic carbocycles. The smallest absolute Gasteiger partial charge is 0.224 e. The summed E-state index contributed by atoms with van der Waals surface area (Å²) in [5.74, 6) is -4.83. The Kier molecular flexibility index (Phi) is 19.2. The number of nitrogens with one attached hydrogen (secondary N) is 2. The first-order chi connectivity index (χ1) is 27.5. The highest BCUT2D eigenvalue weighted by molar-refractivity contribution is 6.39. The molecule has 58 heavy (non-hydrogen) atoms. The molecule has 0 saturated carbocycles. The maximum Gasteiger partial charge on any atom is 0.224 e. The third-order valence-electron chi connectivity index (χ3n) is 7.02. The standard InChI is InChI=1S/C34H44N18O6/c35-31(36)49-43-15-25(53)19-9-20(26(54)16-44-50-32(37)38)12-23(11-19)47-29(57)7-5-3-1-2-4-6-8-30(58)48-24-13-21(27(55)17-45-51-33(39)40)10-22(14-24)28(56)18-46-52-34(41)42/h9-18H,1-8H2,(H,47,57)(H,48,58)(H4,35,36,49)(H4,37,38,50)(H4,39,40,51)(H4,41,42,52)/b43-15-,44-16+,45-17+,46-18+. The Labute approximate surface area is 330 Å². The number of carbonyl (C=O) groups excluding carboxylic acids is 6. The lowest BCUT2D eigenvalue weighted by Crippen LogP contribution is -2.22. The van der Waals surface area contributed by atoms with E-state index in [-0.39, 0.29) is 82.1 Å². The molecule has 2 amide bonds. The molecule has 0 heterocycles. The number of anilines is 2. The summed E-state index contributed by atoms with van der Waals surface area (Å²) in [5.41, 5.74) is 42.0. The highest BCUT2D eigenvalue weighted by Crippen LogP contribution is 2.19. The largest absolute Gasteiger partial charge is 0.369 e. The fourth-order valence-corrected chi connectivity index (χ4v) is 4.58. The highest BCUT2D eigenvalue weighted by atomic mass is 16.2. The van der Waals surface area contributed by atoms with Gasteiger partial charge >= 0.3 is 0 Å². The van der Waals surface area contributed by atoms with Gasteiger partial charge in [-0.05, 0) is 49.2 Å². The number of nitrogens with two attached hydrogens (primary N) is 8. The lowest BCUT2D eigenvalue weighted by Gasteiger charge is -2.09. The van der Waals surface area contributed by atoms with Crippen molar-refractivity contribution in [1.82, 2.24) is 0 Å². The van der Waals surface area contributed by atoms with Gasteiger partial charge in [-0.15, -0.1) is 20.4 Å². The van der Waals surface area contributed by atoms with E-state index in [0.29, 0.717) is 25.7 Å². The summed E-state index contributed by atoms with van der Waals surface area (Å²) in [4.78, 5) is 76.1. The summed E-state index contributed by atoms with van der Waals surface area (Å²) in [6.45, 7) is 0. The van der Waals surface area contributed by atoms with E-state index in [9.17, 15) is 28.8 Å². The molecule has 0 atom stereocenters. The van der Waals surface area contributed by atoms with Crippen LogP contribution in [0.5, 0.6) is 0 Å². The fraction of sp³-hybridized carbons (Fsp3) is 0.235. The molecule has 0 radical (unpaired) electrons. The van der Waals surface area contributed by atoms with Crippen LogP contribution in [0.2, 0.25) is 0 Å².